The molecule has 1 amide bonds. The Labute approximate surface area is 111 Å². The molecule has 5 nitrogen and oxygen atoms in total. The molecule has 19 heavy (non-hydrogen) atoms. The number of hydrogen-bond donors (Lipinski definition) is 2. The van der Waals surface area contributed by atoms with Gasteiger partial charge in [0.2, 0.25) is 0 Å². The monoisotopic (exact) mass is 267 g/mol. The SMILES string of the molecule is Nc1nccc(C(=O)NCCC2CCCCO2)c1F. The molecule has 1 aliphatic rings. The van der Waals surface area contributed by atoms with Crippen LogP contribution in [0.3, 0.4) is 0 Å². The number of halogens is 1. The van der Waals surface area contributed by atoms with Gasteiger partial charge in [-0.05, 0) is 31.7 Å². The fraction of sp³-hybridized carbons (Fsp3) is 0.538. The normalized spacial score (nSPS) is 19.1. The summed E-state index contributed by atoms with van der Waals surface area (Å²) in [4.78, 5) is 15.4. The Morgan fingerprint density at radius 1 is 1.58 bits per heavy atom. The van der Waals surface area contributed by atoms with Crippen LogP contribution < -0.4 is 11.1 Å². The first-order chi connectivity index (χ1) is 9.18. The van der Waals surface area contributed by atoms with E-state index in [0.717, 1.165) is 32.3 Å². The summed E-state index contributed by atoms with van der Waals surface area (Å²) >= 11 is 0. The van der Waals surface area contributed by atoms with Crippen molar-refractivity contribution in [3.63, 3.8) is 0 Å². The number of hydrogen-bond acceptors (Lipinski definition) is 4. The summed E-state index contributed by atoms with van der Waals surface area (Å²) < 4.78 is 19.1. The van der Waals surface area contributed by atoms with Crippen LogP contribution >= 0.6 is 0 Å². The minimum absolute atomic E-state index is 0.0722. The summed E-state index contributed by atoms with van der Waals surface area (Å²) in [6, 6.07) is 1.32. The molecular formula is C13H18FN3O2. The highest BCUT2D eigenvalue weighted by molar-refractivity contribution is 5.95. The third-order valence-electron chi connectivity index (χ3n) is 3.19. The molecule has 0 aliphatic carbocycles. The molecular weight excluding hydrogens is 249 g/mol. The van der Waals surface area contributed by atoms with E-state index >= 15 is 0 Å². The van der Waals surface area contributed by atoms with Crippen LogP contribution in [0.1, 0.15) is 36.0 Å². The van der Waals surface area contributed by atoms with E-state index < -0.39 is 11.7 Å². The molecule has 1 unspecified atom stereocenters. The third kappa shape index (κ3) is 3.64. The van der Waals surface area contributed by atoms with Crippen LogP contribution in [0.2, 0.25) is 0 Å². The molecule has 2 rings (SSSR count). The average Bonchev–Trinajstić information content (AvgIpc) is 2.43. The van der Waals surface area contributed by atoms with Gasteiger partial charge in [-0.15, -0.1) is 0 Å². The highest BCUT2D eigenvalue weighted by atomic mass is 19.1. The molecule has 0 bridgehead atoms. The highest BCUT2D eigenvalue weighted by Gasteiger charge is 2.16. The minimum Gasteiger partial charge on any atom is -0.381 e. The van der Waals surface area contributed by atoms with Crippen LogP contribution in [0.25, 0.3) is 0 Å². The molecule has 0 saturated carbocycles. The standard InChI is InChI=1S/C13H18FN3O2/c14-11-10(5-7-16-12(11)15)13(18)17-6-4-9-3-1-2-8-19-9/h5,7,9H,1-4,6,8H2,(H2,15,16)(H,17,18). The number of carbonyl (C=O) groups is 1. The van der Waals surface area contributed by atoms with E-state index in [2.05, 4.69) is 10.3 Å². The second-order valence-electron chi connectivity index (χ2n) is 4.59. The van der Waals surface area contributed by atoms with Crippen LogP contribution in [0.5, 0.6) is 0 Å². The molecule has 1 saturated heterocycles. The van der Waals surface area contributed by atoms with Crippen molar-refractivity contribution in [3.8, 4) is 0 Å². The second kappa shape index (κ2) is 6.47. The van der Waals surface area contributed by atoms with Crippen molar-refractivity contribution >= 4 is 11.7 Å². The summed E-state index contributed by atoms with van der Waals surface area (Å²) in [5.74, 6) is -1.50. The van der Waals surface area contributed by atoms with Crippen molar-refractivity contribution in [1.29, 1.82) is 0 Å². The highest BCUT2D eigenvalue weighted by Crippen LogP contribution is 2.15. The fourth-order valence-corrected chi connectivity index (χ4v) is 2.11. The number of nitrogens with two attached hydrogens (primary N) is 1. The Kier molecular flexibility index (Phi) is 4.68. The Bertz CT molecular complexity index is 448. The molecule has 1 atom stereocenters. The quantitative estimate of drug-likeness (QED) is 0.866. The summed E-state index contributed by atoms with van der Waals surface area (Å²) in [6.07, 6.45) is 5.54. The van der Waals surface area contributed by atoms with Crippen LogP contribution in [-0.2, 0) is 4.74 Å². The molecule has 0 spiro atoms. The van der Waals surface area contributed by atoms with Gasteiger partial charge in [0.05, 0.1) is 11.7 Å². The molecule has 0 aromatic carbocycles. The maximum absolute atomic E-state index is 13.6. The lowest BCUT2D eigenvalue weighted by atomic mass is 10.1. The largest absolute Gasteiger partial charge is 0.381 e. The Balaban J connectivity index is 1.82. The summed E-state index contributed by atoms with van der Waals surface area (Å²) in [5.41, 5.74) is 5.25. The van der Waals surface area contributed by atoms with Crippen molar-refractivity contribution in [2.75, 3.05) is 18.9 Å². The fourth-order valence-electron chi connectivity index (χ4n) is 2.11. The van der Waals surface area contributed by atoms with E-state index in [4.69, 9.17) is 10.5 Å². The predicted octanol–water partition coefficient (Wildman–Crippen LogP) is 1.49. The lowest BCUT2D eigenvalue weighted by molar-refractivity contribution is 0.0117. The number of amides is 1. The molecule has 6 heteroatoms. The van der Waals surface area contributed by atoms with Gasteiger partial charge in [-0.1, -0.05) is 0 Å². The minimum atomic E-state index is -0.770. The predicted molar refractivity (Wildman–Crippen MR) is 69.1 cm³/mol. The molecule has 1 aromatic heterocycles. The van der Waals surface area contributed by atoms with Crippen LogP contribution in [0.4, 0.5) is 10.2 Å². The van der Waals surface area contributed by atoms with Crippen LogP contribution in [0, 0.1) is 5.82 Å². The van der Waals surface area contributed by atoms with Crippen molar-refractivity contribution in [1.82, 2.24) is 10.3 Å². The van der Waals surface area contributed by atoms with Gasteiger partial charge in [-0.2, -0.15) is 0 Å². The molecule has 1 aromatic rings. The zero-order valence-corrected chi connectivity index (χ0v) is 10.7. The number of nitrogens with one attached hydrogen (secondary N) is 1. The molecule has 104 valence electrons. The van der Waals surface area contributed by atoms with Crippen LogP contribution in [-0.4, -0.2) is 30.1 Å². The van der Waals surface area contributed by atoms with Crippen molar-refractivity contribution < 1.29 is 13.9 Å². The van der Waals surface area contributed by atoms with Gasteiger partial charge in [0.15, 0.2) is 11.6 Å². The molecule has 3 N–H and O–H groups in total. The van der Waals surface area contributed by atoms with E-state index in [0.29, 0.717) is 6.54 Å². The zero-order valence-electron chi connectivity index (χ0n) is 10.7. The number of pyridine rings is 1. The Morgan fingerprint density at radius 3 is 3.16 bits per heavy atom. The third-order valence-corrected chi connectivity index (χ3v) is 3.19. The summed E-state index contributed by atoms with van der Waals surface area (Å²) in [6.45, 7) is 1.25. The first-order valence-electron chi connectivity index (χ1n) is 6.48. The van der Waals surface area contributed by atoms with E-state index in [9.17, 15) is 9.18 Å². The number of nitrogens with zero attached hydrogens (tertiary/aromatic N) is 1. The lowest BCUT2D eigenvalue weighted by Crippen LogP contribution is -2.30. The maximum atomic E-state index is 13.6. The second-order valence-corrected chi connectivity index (χ2v) is 4.59. The van der Waals surface area contributed by atoms with Gasteiger partial charge in [-0.3, -0.25) is 4.79 Å². The average molecular weight is 267 g/mol. The van der Waals surface area contributed by atoms with E-state index in [1.807, 2.05) is 0 Å². The number of rotatable bonds is 4. The van der Waals surface area contributed by atoms with Crippen LogP contribution in [0.15, 0.2) is 12.3 Å². The van der Waals surface area contributed by atoms with Crippen molar-refractivity contribution in [2.24, 2.45) is 0 Å². The summed E-state index contributed by atoms with van der Waals surface area (Å²) in [5, 5.41) is 2.67. The van der Waals surface area contributed by atoms with Gasteiger partial charge in [0.1, 0.15) is 0 Å². The van der Waals surface area contributed by atoms with E-state index in [1.54, 1.807) is 0 Å². The first-order valence-corrected chi connectivity index (χ1v) is 6.48. The smallest absolute Gasteiger partial charge is 0.254 e. The van der Waals surface area contributed by atoms with Crippen molar-refractivity contribution in [2.45, 2.75) is 31.8 Å². The molecule has 1 aliphatic heterocycles. The Hall–Kier alpha value is -1.69. The number of carbonyl (C=O) groups excluding carboxylic acids is 1. The number of ether oxygens (including phenoxy) is 1. The van der Waals surface area contributed by atoms with Gasteiger partial charge >= 0.3 is 0 Å². The van der Waals surface area contributed by atoms with Gasteiger partial charge < -0.3 is 15.8 Å². The zero-order chi connectivity index (χ0) is 13.7. The Morgan fingerprint density at radius 2 is 2.42 bits per heavy atom. The number of nitrogen functional groups attached to an aromatic ring is 1. The maximum Gasteiger partial charge on any atom is 0.254 e. The van der Waals surface area contributed by atoms with E-state index in [1.165, 1.54) is 12.3 Å². The lowest BCUT2D eigenvalue weighted by Gasteiger charge is -2.22. The molecule has 1 fully saturated rings. The van der Waals surface area contributed by atoms with Gasteiger partial charge in [-0.25, -0.2) is 9.37 Å². The summed E-state index contributed by atoms with van der Waals surface area (Å²) in [7, 11) is 0. The van der Waals surface area contributed by atoms with Crippen molar-refractivity contribution in [3.05, 3.63) is 23.6 Å². The van der Waals surface area contributed by atoms with E-state index in [-0.39, 0.29) is 17.5 Å². The first kappa shape index (κ1) is 13.7. The van der Waals surface area contributed by atoms with Gasteiger partial charge in [0.25, 0.3) is 5.91 Å². The number of aromatic nitrogens is 1. The topological polar surface area (TPSA) is 77.2 Å². The number of anilines is 1. The molecule has 2 heterocycles. The molecule has 0 radical (unpaired) electrons. The van der Waals surface area contributed by atoms with Gasteiger partial charge in [0, 0.05) is 19.3 Å².